The van der Waals surface area contributed by atoms with Crippen molar-refractivity contribution in [1.29, 1.82) is 0 Å². The van der Waals surface area contributed by atoms with E-state index < -0.39 is 17.6 Å². The Morgan fingerprint density at radius 1 is 0.950 bits per heavy atom. The third kappa shape index (κ3) is 4.75. The molecule has 4 aromatic rings. The zero-order valence-corrected chi connectivity index (χ0v) is 22.5. The van der Waals surface area contributed by atoms with Gasteiger partial charge in [-0.2, -0.15) is 15.2 Å². The van der Waals surface area contributed by atoms with Crippen LogP contribution in [0.2, 0.25) is 0 Å². The minimum Gasteiger partial charge on any atom is -0.308 e. The van der Waals surface area contributed by atoms with Crippen LogP contribution < -0.4 is 10.3 Å². The highest BCUT2D eigenvalue weighted by molar-refractivity contribution is 6.36. The number of rotatable bonds is 6. The molecule has 2 aliphatic rings. The van der Waals surface area contributed by atoms with Crippen molar-refractivity contribution in [3.63, 3.8) is 0 Å². The van der Waals surface area contributed by atoms with Gasteiger partial charge in [-0.3, -0.25) is 4.79 Å². The molecule has 1 unspecified atom stereocenters. The number of fused-ring (bicyclic) bond motifs is 3. The highest BCUT2D eigenvalue weighted by Gasteiger charge is 2.40. The van der Waals surface area contributed by atoms with Crippen molar-refractivity contribution in [2.24, 2.45) is 5.10 Å². The van der Waals surface area contributed by atoms with E-state index >= 15 is 8.78 Å². The molecule has 1 aromatic heterocycles. The number of para-hydroxylation sites is 1. The molecule has 1 aliphatic carbocycles. The van der Waals surface area contributed by atoms with Crippen molar-refractivity contribution in [2.75, 3.05) is 5.01 Å². The van der Waals surface area contributed by atoms with Gasteiger partial charge in [0, 0.05) is 41.5 Å². The standard InChI is InChI=1S/C32H29F2N5O/c1-32(2,3)35-19-21-7-4-5-8-27(21)39-31(40)24-18-22(28-25(33)13-14-26(34)29(28)30(24)37-39)17-20-9-11-23(12-10-20)38-16-6-15-36-38/h4-16,18,22,35H,17,19H2,1-3H3. The number of nitrogens with one attached hydrogen (secondary N) is 1. The number of aromatic nitrogens is 2. The van der Waals surface area contributed by atoms with E-state index in [1.165, 1.54) is 5.01 Å². The molecule has 0 saturated carbocycles. The number of nitrogens with zero attached hydrogens (tertiary/aromatic N) is 4. The molecule has 0 spiro atoms. The smallest absolute Gasteiger partial charge is 0.280 e. The third-order valence-corrected chi connectivity index (χ3v) is 7.18. The maximum atomic E-state index is 15.4. The molecule has 0 saturated heterocycles. The summed E-state index contributed by atoms with van der Waals surface area (Å²) < 4.78 is 32.5. The summed E-state index contributed by atoms with van der Waals surface area (Å²) in [5, 5.41) is 13.6. The van der Waals surface area contributed by atoms with Gasteiger partial charge in [0.25, 0.3) is 5.91 Å². The van der Waals surface area contributed by atoms with E-state index in [9.17, 15) is 4.79 Å². The third-order valence-electron chi connectivity index (χ3n) is 7.18. The van der Waals surface area contributed by atoms with Gasteiger partial charge in [0.1, 0.15) is 17.3 Å². The van der Waals surface area contributed by atoms with Crippen LogP contribution in [0.3, 0.4) is 0 Å². The predicted molar refractivity (Wildman–Crippen MR) is 152 cm³/mol. The van der Waals surface area contributed by atoms with Gasteiger partial charge in [-0.1, -0.05) is 36.4 Å². The number of hydrazone groups is 1. The topological polar surface area (TPSA) is 62.5 Å². The first kappa shape index (κ1) is 25.8. The molecule has 1 atom stereocenters. The van der Waals surface area contributed by atoms with Crippen LogP contribution in [0.1, 0.15) is 48.9 Å². The molecule has 0 bridgehead atoms. The quantitative estimate of drug-likeness (QED) is 0.326. The first-order valence-corrected chi connectivity index (χ1v) is 13.2. The Hall–Kier alpha value is -4.43. The van der Waals surface area contributed by atoms with E-state index in [0.717, 1.165) is 28.9 Å². The van der Waals surface area contributed by atoms with Crippen molar-refractivity contribution in [2.45, 2.75) is 45.2 Å². The molecule has 8 heteroatoms. The van der Waals surface area contributed by atoms with Crippen molar-refractivity contribution in [1.82, 2.24) is 15.1 Å². The van der Waals surface area contributed by atoms with Crippen LogP contribution in [-0.4, -0.2) is 26.9 Å². The average molecular weight is 538 g/mol. The van der Waals surface area contributed by atoms with E-state index in [1.54, 1.807) is 17.0 Å². The van der Waals surface area contributed by atoms with Crippen molar-refractivity contribution < 1.29 is 13.6 Å². The Labute approximate surface area is 231 Å². The SMILES string of the molecule is CC(C)(C)NCc1ccccc1N1N=C2C(=CC(Cc3ccc(-n4cccn4)cc3)c3c(F)ccc(F)c32)C1=O. The molecule has 6 rings (SSSR count). The van der Waals surface area contributed by atoms with E-state index in [0.29, 0.717) is 18.7 Å². The molecule has 1 amide bonds. The molecule has 3 aromatic carbocycles. The van der Waals surface area contributed by atoms with Crippen LogP contribution in [0, 0.1) is 11.6 Å². The summed E-state index contributed by atoms with van der Waals surface area (Å²) in [6.45, 7) is 6.71. The number of allylic oxidation sites excluding steroid dienone is 1. The molecule has 6 nitrogen and oxygen atoms in total. The Kier molecular flexibility index (Phi) is 6.43. The molecule has 40 heavy (non-hydrogen) atoms. The lowest BCUT2D eigenvalue weighted by Crippen LogP contribution is -2.35. The number of amides is 1. The van der Waals surface area contributed by atoms with E-state index in [2.05, 4.69) is 36.3 Å². The van der Waals surface area contributed by atoms with Crippen LogP contribution in [-0.2, 0) is 17.8 Å². The average Bonchev–Trinajstić information content (AvgIpc) is 3.58. The van der Waals surface area contributed by atoms with Crippen molar-refractivity contribution >= 4 is 17.3 Å². The van der Waals surface area contributed by atoms with E-state index in [4.69, 9.17) is 0 Å². The Bertz CT molecular complexity index is 1650. The summed E-state index contributed by atoms with van der Waals surface area (Å²) in [6, 6.07) is 19.3. The summed E-state index contributed by atoms with van der Waals surface area (Å²) in [4.78, 5) is 13.8. The molecule has 1 N–H and O–H groups in total. The van der Waals surface area contributed by atoms with Gasteiger partial charge in [0.15, 0.2) is 0 Å². The highest BCUT2D eigenvalue weighted by atomic mass is 19.1. The lowest BCUT2D eigenvalue weighted by atomic mass is 9.79. The largest absolute Gasteiger partial charge is 0.308 e. The number of hydrogen-bond acceptors (Lipinski definition) is 4. The van der Waals surface area contributed by atoms with Crippen LogP contribution in [0.25, 0.3) is 5.69 Å². The fraction of sp³-hybridized carbons (Fsp3) is 0.219. The van der Waals surface area contributed by atoms with Crippen LogP contribution in [0.4, 0.5) is 14.5 Å². The molecule has 2 heterocycles. The Morgan fingerprint density at radius 2 is 1.70 bits per heavy atom. The fourth-order valence-electron chi connectivity index (χ4n) is 5.22. The molecule has 0 radical (unpaired) electrons. The summed E-state index contributed by atoms with van der Waals surface area (Å²) in [5.41, 5.74) is 3.90. The van der Waals surface area contributed by atoms with Gasteiger partial charge < -0.3 is 5.32 Å². The Morgan fingerprint density at radius 3 is 2.42 bits per heavy atom. The number of anilines is 1. The highest BCUT2D eigenvalue weighted by Crippen LogP contribution is 2.40. The maximum absolute atomic E-state index is 15.4. The van der Waals surface area contributed by atoms with Gasteiger partial charge in [-0.25, -0.2) is 13.5 Å². The molecule has 1 aliphatic heterocycles. The van der Waals surface area contributed by atoms with Crippen molar-refractivity contribution in [3.05, 3.63) is 125 Å². The number of carbonyl (C=O) groups excluding carboxylic acids is 1. The predicted octanol–water partition coefficient (Wildman–Crippen LogP) is 6.06. The summed E-state index contributed by atoms with van der Waals surface area (Å²) in [6.07, 6.45) is 5.69. The van der Waals surface area contributed by atoms with E-state index in [-0.39, 0.29) is 33.9 Å². The number of halogens is 2. The second kappa shape index (κ2) is 9.95. The van der Waals surface area contributed by atoms with Gasteiger partial charge in [0.05, 0.1) is 16.9 Å². The van der Waals surface area contributed by atoms with E-state index in [1.807, 2.05) is 60.8 Å². The van der Waals surface area contributed by atoms with Gasteiger partial charge in [0.2, 0.25) is 0 Å². The molecule has 202 valence electrons. The first-order chi connectivity index (χ1) is 19.2. The minimum atomic E-state index is -0.600. The van der Waals surface area contributed by atoms with Gasteiger partial charge >= 0.3 is 0 Å². The lowest BCUT2D eigenvalue weighted by molar-refractivity contribution is -0.114. The zero-order valence-electron chi connectivity index (χ0n) is 22.5. The van der Waals surface area contributed by atoms with Gasteiger partial charge in [-0.15, -0.1) is 0 Å². The van der Waals surface area contributed by atoms with Gasteiger partial charge in [-0.05, 0) is 74.7 Å². The monoisotopic (exact) mass is 537 g/mol. The second-order valence-electron chi connectivity index (χ2n) is 11.1. The number of benzene rings is 3. The summed E-state index contributed by atoms with van der Waals surface area (Å²) in [5.74, 6) is -2.02. The molecular formula is C32H29F2N5O. The summed E-state index contributed by atoms with van der Waals surface area (Å²) in [7, 11) is 0. The number of carbonyl (C=O) groups is 1. The van der Waals surface area contributed by atoms with Crippen LogP contribution in [0.15, 0.2) is 95.9 Å². The maximum Gasteiger partial charge on any atom is 0.280 e. The minimum absolute atomic E-state index is 0.0526. The second-order valence-corrected chi connectivity index (χ2v) is 11.1. The Balaban J connectivity index is 1.38. The van der Waals surface area contributed by atoms with Crippen molar-refractivity contribution in [3.8, 4) is 5.69 Å². The summed E-state index contributed by atoms with van der Waals surface area (Å²) >= 11 is 0. The van der Waals surface area contributed by atoms with Crippen LogP contribution in [0.5, 0.6) is 0 Å². The zero-order chi connectivity index (χ0) is 28.0. The lowest BCUT2D eigenvalue weighted by Gasteiger charge is -2.24. The molecular weight excluding hydrogens is 508 g/mol. The fourth-order valence-corrected chi connectivity index (χ4v) is 5.22. The first-order valence-electron chi connectivity index (χ1n) is 13.2. The number of hydrogen-bond donors (Lipinski definition) is 1. The normalized spacial score (nSPS) is 16.5. The van der Waals surface area contributed by atoms with Crippen LogP contribution >= 0.6 is 0 Å². The molecule has 0 fully saturated rings.